The Morgan fingerprint density at radius 3 is 2.00 bits per heavy atom. The fourth-order valence-electron chi connectivity index (χ4n) is 1.41. The average molecular weight is 292 g/mol. The van der Waals surface area contributed by atoms with Crippen molar-refractivity contribution in [2.45, 2.75) is 19.4 Å². The summed E-state index contributed by atoms with van der Waals surface area (Å²) >= 11 is 1.65. The number of hydrogen-bond donors (Lipinski definition) is 2. The maximum atomic E-state index is 12.0. The first kappa shape index (κ1) is 17.6. The standard InChI is InChI=1S/C11H20N2O5S/c1-8(4-5-19-3)12(2)11(18)13(6-9(14)15)7-10(16)17/h8H,4-7H2,1-3H3,(H,14,15)(H,16,17). The number of carbonyl (C=O) groups excluding carboxylic acids is 1. The van der Waals surface area contributed by atoms with Gasteiger partial charge in [-0.2, -0.15) is 11.8 Å². The van der Waals surface area contributed by atoms with Crippen LogP contribution in [0.1, 0.15) is 13.3 Å². The van der Waals surface area contributed by atoms with Crippen LogP contribution in [-0.4, -0.2) is 76.2 Å². The molecular weight excluding hydrogens is 272 g/mol. The molecule has 0 aromatic rings. The van der Waals surface area contributed by atoms with Crippen molar-refractivity contribution in [2.24, 2.45) is 0 Å². The van der Waals surface area contributed by atoms with E-state index < -0.39 is 31.1 Å². The van der Waals surface area contributed by atoms with Crippen molar-refractivity contribution in [1.29, 1.82) is 0 Å². The summed E-state index contributed by atoms with van der Waals surface area (Å²) in [5.41, 5.74) is 0. The van der Waals surface area contributed by atoms with Crippen molar-refractivity contribution in [3.63, 3.8) is 0 Å². The van der Waals surface area contributed by atoms with Gasteiger partial charge in [0, 0.05) is 13.1 Å². The number of nitrogens with zero attached hydrogens (tertiary/aromatic N) is 2. The largest absolute Gasteiger partial charge is 0.480 e. The van der Waals surface area contributed by atoms with Crippen LogP contribution in [0.2, 0.25) is 0 Å². The van der Waals surface area contributed by atoms with Gasteiger partial charge in [0.15, 0.2) is 0 Å². The van der Waals surface area contributed by atoms with Gasteiger partial charge < -0.3 is 20.0 Å². The molecule has 1 atom stereocenters. The van der Waals surface area contributed by atoms with Gasteiger partial charge in [0.05, 0.1) is 0 Å². The summed E-state index contributed by atoms with van der Waals surface area (Å²) in [5.74, 6) is -1.60. The molecule has 0 aromatic carbocycles. The van der Waals surface area contributed by atoms with Crippen molar-refractivity contribution in [2.75, 3.05) is 32.1 Å². The summed E-state index contributed by atoms with van der Waals surface area (Å²) in [6, 6.07) is -0.663. The van der Waals surface area contributed by atoms with Crippen LogP contribution in [0.5, 0.6) is 0 Å². The van der Waals surface area contributed by atoms with Crippen molar-refractivity contribution < 1.29 is 24.6 Å². The first-order valence-electron chi connectivity index (χ1n) is 5.73. The maximum absolute atomic E-state index is 12.0. The number of thioether (sulfide) groups is 1. The first-order chi connectivity index (χ1) is 8.79. The Balaban J connectivity index is 4.67. The Labute approximate surface area is 116 Å². The lowest BCUT2D eigenvalue weighted by molar-refractivity contribution is -0.140. The molecule has 1 unspecified atom stereocenters. The third-order valence-corrected chi connectivity index (χ3v) is 3.27. The second-order valence-electron chi connectivity index (χ2n) is 4.17. The third-order valence-electron chi connectivity index (χ3n) is 2.63. The molecule has 2 amide bonds. The molecule has 0 aliphatic carbocycles. The predicted molar refractivity (Wildman–Crippen MR) is 72.5 cm³/mol. The average Bonchev–Trinajstić information content (AvgIpc) is 2.32. The van der Waals surface area contributed by atoms with E-state index in [1.54, 1.807) is 18.8 Å². The molecule has 0 heterocycles. The zero-order chi connectivity index (χ0) is 15.0. The Morgan fingerprint density at radius 2 is 1.63 bits per heavy atom. The van der Waals surface area contributed by atoms with Crippen LogP contribution in [0, 0.1) is 0 Å². The van der Waals surface area contributed by atoms with Gasteiger partial charge in [-0.05, 0) is 25.4 Å². The zero-order valence-electron chi connectivity index (χ0n) is 11.3. The van der Waals surface area contributed by atoms with Crippen molar-refractivity contribution in [3.8, 4) is 0 Å². The molecular formula is C11H20N2O5S. The highest BCUT2D eigenvalue weighted by Crippen LogP contribution is 2.08. The number of carbonyl (C=O) groups is 3. The van der Waals surface area contributed by atoms with Gasteiger partial charge in [0.1, 0.15) is 13.1 Å². The van der Waals surface area contributed by atoms with E-state index >= 15 is 0 Å². The molecule has 0 aromatic heterocycles. The van der Waals surface area contributed by atoms with E-state index in [1.807, 2.05) is 13.2 Å². The van der Waals surface area contributed by atoms with Gasteiger partial charge in [-0.15, -0.1) is 0 Å². The molecule has 2 N–H and O–H groups in total. The van der Waals surface area contributed by atoms with Crippen LogP contribution >= 0.6 is 11.8 Å². The Hall–Kier alpha value is -1.44. The number of carboxylic acid groups (broad SMARTS) is 2. The van der Waals surface area contributed by atoms with Crippen LogP contribution in [-0.2, 0) is 9.59 Å². The summed E-state index contributed by atoms with van der Waals surface area (Å²) in [6.45, 7) is 0.600. The SMILES string of the molecule is CSCCC(C)N(C)C(=O)N(CC(=O)O)CC(=O)O. The van der Waals surface area contributed by atoms with Crippen LogP contribution < -0.4 is 0 Å². The molecule has 110 valence electrons. The van der Waals surface area contributed by atoms with Crippen LogP contribution in [0.3, 0.4) is 0 Å². The molecule has 0 saturated heterocycles. The van der Waals surface area contributed by atoms with Gasteiger partial charge >= 0.3 is 18.0 Å². The number of hydrogen-bond acceptors (Lipinski definition) is 4. The van der Waals surface area contributed by atoms with E-state index in [0.29, 0.717) is 0 Å². The predicted octanol–water partition coefficient (Wildman–Crippen LogP) is 0.651. The summed E-state index contributed by atoms with van der Waals surface area (Å²) in [4.78, 5) is 35.5. The van der Waals surface area contributed by atoms with Gasteiger partial charge in [0.25, 0.3) is 0 Å². The van der Waals surface area contributed by atoms with Crippen LogP contribution in [0.25, 0.3) is 0 Å². The molecule has 0 spiro atoms. The molecule has 0 aliphatic heterocycles. The highest BCUT2D eigenvalue weighted by Gasteiger charge is 2.25. The minimum atomic E-state index is -1.24. The molecule has 0 bridgehead atoms. The van der Waals surface area contributed by atoms with Gasteiger partial charge in [-0.1, -0.05) is 0 Å². The Kier molecular flexibility index (Phi) is 7.97. The maximum Gasteiger partial charge on any atom is 0.323 e. The van der Waals surface area contributed by atoms with E-state index in [-0.39, 0.29) is 6.04 Å². The second kappa shape index (κ2) is 8.63. The molecule has 0 saturated carbocycles. The highest BCUT2D eigenvalue weighted by molar-refractivity contribution is 7.98. The molecule has 0 radical (unpaired) electrons. The van der Waals surface area contributed by atoms with E-state index in [9.17, 15) is 14.4 Å². The summed E-state index contributed by atoms with van der Waals surface area (Å²) in [6.07, 6.45) is 2.72. The molecule has 0 aliphatic rings. The summed E-state index contributed by atoms with van der Waals surface area (Å²) < 4.78 is 0. The fraction of sp³-hybridized carbons (Fsp3) is 0.727. The lowest BCUT2D eigenvalue weighted by Gasteiger charge is -2.30. The quantitative estimate of drug-likeness (QED) is 0.681. The van der Waals surface area contributed by atoms with Gasteiger partial charge in [-0.3, -0.25) is 9.59 Å². The number of amides is 2. The molecule has 7 nitrogen and oxygen atoms in total. The number of carboxylic acids is 2. The van der Waals surface area contributed by atoms with Crippen molar-refractivity contribution in [3.05, 3.63) is 0 Å². The number of aliphatic carboxylic acids is 2. The smallest absolute Gasteiger partial charge is 0.323 e. The molecule has 19 heavy (non-hydrogen) atoms. The number of urea groups is 1. The first-order valence-corrected chi connectivity index (χ1v) is 7.13. The topological polar surface area (TPSA) is 98.2 Å². The molecule has 0 rings (SSSR count). The van der Waals surface area contributed by atoms with Crippen molar-refractivity contribution >= 4 is 29.7 Å². The van der Waals surface area contributed by atoms with Crippen LogP contribution in [0.15, 0.2) is 0 Å². The van der Waals surface area contributed by atoms with E-state index in [4.69, 9.17) is 10.2 Å². The minimum Gasteiger partial charge on any atom is -0.480 e. The molecule has 0 fully saturated rings. The monoisotopic (exact) mass is 292 g/mol. The molecule has 8 heteroatoms. The van der Waals surface area contributed by atoms with Crippen molar-refractivity contribution in [1.82, 2.24) is 9.80 Å². The van der Waals surface area contributed by atoms with Crippen LogP contribution in [0.4, 0.5) is 4.79 Å². The fourth-order valence-corrected chi connectivity index (χ4v) is 1.99. The Bertz CT molecular complexity index is 321. The summed E-state index contributed by atoms with van der Waals surface area (Å²) in [5, 5.41) is 17.4. The zero-order valence-corrected chi connectivity index (χ0v) is 12.1. The number of rotatable bonds is 8. The van der Waals surface area contributed by atoms with Gasteiger partial charge in [0.2, 0.25) is 0 Å². The third kappa shape index (κ3) is 6.90. The normalized spacial score (nSPS) is 11.7. The second-order valence-corrected chi connectivity index (χ2v) is 5.15. The van der Waals surface area contributed by atoms with E-state index in [2.05, 4.69) is 0 Å². The highest BCUT2D eigenvalue weighted by atomic mass is 32.2. The lowest BCUT2D eigenvalue weighted by atomic mass is 10.2. The van der Waals surface area contributed by atoms with E-state index in [0.717, 1.165) is 17.1 Å². The minimum absolute atomic E-state index is 0.0787. The van der Waals surface area contributed by atoms with Gasteiger partial charge in [-0.25, -0.2) is 4.79 Å². The Morgan fingerprint density at radius 1 is 1.16 bits per heavy atom. The summed E-state index contributed by atoms with van der Waals surface area (Å²) in [7, 11) is 1.55. The van der Waals surface area contributed by atoms with E-state index in [1.165, 1.54) is 4.90 Å². The lowest BCUT2D eigenvalue weighted by Crippen LogP contribution is -2.48.